The molecule has 0 fully saturated rings. The fraction of sp³-hybridized carbons (Fsp3) is 0. The molecule has 0 spiro atoms. The highest BCUT2D eigenvalue weighted by Crippen LogP contribution is 2.37. The Kier molecular flexibility index (Phi) is 9.78. The third-order valence-corrected chi connectivity index (χ3v) is 15.7. The zero-order valence-corrected chi connectivity index (χ0v) is 32.1. The highest BCUT2D eigenvalue weighted by molar-refractivity contribution is 7.19. The van der Waals surface area contributed by atoms with Gasteiger partial charge in [-0.3, -0.25) is 0 Å². The van der Waals surface area contributed by atoms with Gasteiger partial charge in [-0.2, -0.15) is 0 Å². The van der Waals surface area contributed by atoms with Gasteiger partial charge in [0.25, 0.3) is 0 Å². The van der Waals surface area contributed by atoms with Crippen molar-refractivity contribution < 1.29 is 0 Å². The van der Waals surface area contributed by atoms with Crippen LogP contribution in [0.15, 0.2) is 249 Å². The molecule has 0 aromatic heterocycles. The van der Waals surface area contributed by atoms with Gasteiger partial charge in [-0.15, -0.1) is 0 Å². The van der Waals surface area contributed by atoms with Crippen molar-refractivity contribution in [3.8, 4) is 33.4 Å². The fourth-order valence-electron chi connectivity index (χ4n) is 8.09. The highest BCUT2D eigenvalue weighted by Gasteiger charge is 2.41. The zero-order chi connectivity index (χ0) is 37.6. The van der Waals surface area contributed by atoms with Gasteiger partial charge in [-0.1, -0.05) is 212 Å². The molecule has 0 atom stereocenters. The summed E-state index contributed by atoms with van der Waals surface area (Å²) in [7, 11) is -2.65. The maximum Gasteiger partial charge on any atom is 0.179 e. The zero-order valence-electron chi connectivity index (χ0n) is 31.1. The molecule has 9 rings (SSSR count). The third kappa shape index (κ3) is 6.79. The van der Waals surface area contributed by atoms with Crippen LogP contribution in [0.5, 0.6) is 0 Å². The Labute approximate surface area is 331 Å². The van der Waals surface area contributed by atoms with E-state index in [0.717, 1.165) is 17.1 Å². The number of benzene rings is 9. The average Bonchev–Trinajstić information content (AvgIpc) is 3.29. The SMILES string of the molecule is c1ccc(-c2ccc(-c3ccc(N(c4ccc(-c5ccccc5)cc4)c4ccc([Si](c5ccccc5)(c5ccccc5)c5ccccc5)cc4)cc3)cc2)cc1. The van der Waals surface area contributed by atoms with Crippen molar-refractivity contribution in [1.82, 2.24) is 0 Å². The van der Waals surface area contributed by atoms with Gasteiger partial charge >= 0.3 is 0 Å². The van der Waals surface area contributed by atoms with Gasteiger partial charge in [-0.25, -0.2) is 0 Å². The van der Waals surface area contributed by atoms with Crippen LogP contribution in [0.3, 0.4) is 0 Å². The Balaban J connectivity index is 1.13. The second-order valence-corrected chi connectivity index (χ2v) is 17.9. The van der Waals surface area contributed by atoms with E-state index >= 15 is 0 Å². The lowest BCUT2D eigenvalue weighted by Crippen LogP contribution is -2.74. The van der Waals surface area contributed by atoms with E-state index in [0.29, 0.717) is 0 Å². The quantitative estimate of drug-likeness (QED) is 0.1000. The molecule has 266 valence electrons. The summed E-state index contributed by atoms with van der Waals surface area (Å²) in [6, 6.07) is 90.6. The molecule has 0 unspecified atom stereocenters. The van der Waals surface area contributed by atoms with E-state index in [9.17, 15) is 0 Å². The molecule has 0 N–H and O–H groups in total. The Morgan fingerprint density at radius 3 is 0.714 bits per heavy atom. The molecule has 2 heteroatoms. The van der Waals surface area contributed by atoms with Gasteiger partial charge in [0.05, 0.1) is 0 Å². The predicted octanol–water partition coefficient (Wildman–Crippen LogP) is 11.5. The summed E-state index contributed by atoms with van der Waals surface area (Å²) >= 11 is 0. The van der Waals surface area contributed by atoms with Crippen LogP contribution >= 0.6 is 0 Å². The maximum atomic E-state index is 2.38. The number of rotatable bonds is 10. The Morgan fingerprint density at radius 1 is 0.196 bits per heavy atom. The van der Waals surface area contributed by atoms with Crippen LogP contribution in [0, 0.1) is 0 Å². The molecule has 0 aliphatic carbocycles. The van der Waals surface area contributed by atoms with Crippen LogP contribution in [0.25, 0.3) is 33.4 Å². The Bertz CT molecular complexity index is 2510. The first-order chi connectivity index (χ1) is 27.8. The van der Waals surface area contributed by atoms with Crippen molar-refractivity contribution >= 4 is 45.9 Å². The molecule has 0 aliphatic rings. The minimum Gasteiger partial charge on any atom is -0.311 e. The summed E-state index contributed by atoms with van der Waals surface area (Å²) in [5, 5.41) is 5.45. The fourth-order valence-corrected chi connectivity index (χ4v) is 12.8. The number of nitrogens with zero attached hydrogens (tertiary/aromatic N) is 1. The van der Waals surface area contributed by atoms with E-state index in [-0.39, 0.29) is 0 Å². The largest absolute Gasteiger partial charge is 0.311 e. The highest BCUT2D eigenvalue weighted by atomic mass is 28.3. The first kappa shape index (κ1) is 34.7. The summed E-state index contributed by atoms with van der Waals surface area (Å²) in [6.07, 6.45) is 0. The van der Waals surface area contributed by atoms with Gasteiger partial charge < -0.3 is 4.90 Å². The van der Waals surface area contributed by atoms with Gasteiger partial charge in [0.2, 0.25) is 0 Å². The van der Waals surface area contributed by atoms with Gasteiger partial charge in [-0.05, 0) is 90.5 Å². The summed E-state index contributed by atoms with van der Waals surface area (Å²) < 4.78 is 0. The Morgan fingerprint density at radius 2 is 0.411 bits per heavy atom. The predicted molar refractivity (Wildman–Crippen MR) is 241 cm³/mol. The molecule has 0 radical (unpaired) electrons. The van der Waals surface area contributed by atoms with Crippen molar-refractivity contribution in [3.05, 3.63) is 249 Å². The van der Waals surface area contributed by atoms with Crippen molar-refractivity contribution in [3.63, 3.8) is 0 Å². The molecule has 9 aromatic carbocycles. The first-order valence-corrected chi connectivity index (χ1v) is 21.3. The molecule has 1 nitrogen and oxygen atoms in total. The van der Waals surface area contributed by atoms with E-state index in [1.165, 1.54) is 54.1 Å². The summed E-state index contributed by atoms with van der Waals surface area (Å²) in [4.78, 5) is 2.37. The average molecular weight is 732 g/mol. The minimum absolute atomic E-state index is 1.10. The monoisotopic (exact) mass is 731 g/mol. The first-order valence-electron chi connectivity index (χ1n) is 19.3. The molecular weight excluding hydrogens is 691 g/mol. The van der Waals surface area contributed by atoms with Gasteiger partial charge in [0.1, 0.15) is 0 Å². The number of hydrogen-bond acceptors (Lipinski definition) is 1. The molecule has 0 saturated heterocycles. The van der Waals surface area contributed by atoms with E-state index in [1.807, 2.05) is 0 Å². The normalized spacial score (nSPS) is 11.2. The molecule has 9 aromatic rings. The molecule has 0 amide bonds. The van der Waals surface area contributed by atoms with Crippen LogP contribution in [0.2, 0.25) is 0 Å². The molecule has 0 heterocycles. The van der Waals surface area contributed by atoms with Crippen LogP contribution in [-0.4, -0.2) is 8.07 Å². The minimum atomic E-state index is -2.65. The van der Waals surface area contributed by atoms with E-state index in [1.54, 1.807) is 0 Å². The lowest BCUT2D eigenvalue weighted by Gasteiger charge is -2.35. The number of anilines is 3. The Hall–Kier alpha value is -7.00. The molecule has 0 bridgehead atoms. The maximum absolute atomic E-state index is 2.65. The van der Waals surface area contributed by atoms with Crippen LogP contribution in [-0.2, 0) is 0 Å². The second kappa shape index (κ2) is 15.8. The van der Waals surface area contributed by atoms with Crippen molar-refractivity contribution in [1.29, 1.82) is 0 Å². The molecule has 56 heavy (non-hydrogen) atoms. The standard InChI is InChI=1S/C54H41NSi/c1-6-16-42(17-7-1)44-26-28-45(29-27-44)47-32-36-49(37-33-47)55(48-34-30-46(31-35-48)43-18-8-2-9-19-43)50-38-40-54(41-39-50)56(51-20-10-3-11-21-51,52-22-12-4-13-23-52)53-24-14-5-15-25-53/h1-41H. The smallest absolute Gasteiger partial charge is 0.179 e. The van der Waals surface area contributed by atoms with Gasteiger partial charge in [0, 0.05) is 17.1 Å². The van der Waals surface area contributed by atoms with Crippen LogP contribution in [0.4, 0.5) is 17.1 Å². The lowest BCUT2D eigenvalue weighted by molar-refractivity contribution is 1.28. The van der Waals surface area contributed by atoms with Crippen LogP contribution < -0.4 is 25.6 Å². The van der Waals surface area contributed by atoms with E-state index in [2.05, 4.69) is 254 Å². The van der Waals surface area contributed by atoms with Gasteiger partial charge in [0.15, 0.2) is 8.07 Å². The lowest BCUT2D eigenvalue weighted by atomic mass is 10.00. The van der Waals surface area contributed by atoms with Crippen molar-refractivity contribution in [2.24, 2.45) is 0 Å². The van der Waals surface area contributed by atoms with Crippen molar-refractivity contribution in [2.45, 2.75) is 0 Å². The number of hydrogen-bond donors (Lipinski definition) is 0. The third-order valence-electron chi connectivity index (χ3n) is 10.9. The molecule has 0 saturated carbocycles. The van der Waals surface area contributed by atoms with E-state index in [4.69, 9.17) is 0 Å². The van der Waals surface area contributed by atoms with Crippen LogP contribution in [0.1, 0.15) is 0 Å². The van der Waals surface area contributed by atoms with E-state index < -0.39 is 8.07 Å². The summed E-state index contributed by atoms with van der Waals surface area (Å²) in [5.74, 6) is 0. The summed E-state index contributed by atoms with van der Waals surface area (Å²) in [5.41, 5.74) is 10.6. The topological polar surface area (TPSA) is 3.24 Å². The molecular formula is C54H41NSi. The van der Waals surface area contributed by atoms with Crippen molar-refractivity contribution in [2.75, 3.05) is 4.90 Å². The summed E-state index contributed by atoms with van der Waals surface area (Å²) in [6.45, 7) is 0. The molecule has 0 aliphatic heterocycles. The second-order valence-electron chi connectivity index (χ2n) is 14.1.